The first-order valence-electron chi connectivity index (χ1n) is 11.5. The molecular weight excluding hydrogens is 433 g/mol. The molecule has 0 aliphatic carbocycles. The fraction of sp³-hybridized carbons (Fsp3) is 0.346. The third-order valence-corrected chi connectivity index (χ3v) is 5.92. The molecular formula is C26H30FN5O2. The van der Waals surface area contributed by atoms with Crippen molar-refractivity contribution in [2.75, 3.05) is 46.4 Å². The van der Waals surface area contributed by atoms with E-state index in [1.165, 1.54) is 6.20 Å². The van der Waals surface area contributed by atoms with Gasteiger partial charge in [0.25, 0.3) is 0 Å². The number of ether oxygens (including phenoxy) is 1. The maximum absolute atomic E-state index is 14.6. The van der Waals surface area contributed by atoms with Crippen molar-refractivity contribution in [2.45, 2.75) is 13.0 Å². The Morgan fingerprint density at radius 3 is 2.47 bits per heavy atom. The van der Waals surface area contributed by atoms with Gasteiger partial charge >= 0.3 is 6.01 Å². The molecule has 2 aromatic carbocycles. The highest BCUT2D eigenvalue weighted by Gasteiger charge is 2.14. The summed E-state index contributed by atoms with van der Waals surface area (Å²) in [7, 11) is 2.11. The monoisotopic (exact) mass is 463 g/mol. The lowest BCUT2D eigenvalue weighted by Crippen LogP contribution is -2.45. The summed E-state index contributed by atoms with van der Waals surface area (Å²) >= 11 is 0. The van der Waals surface area contributed by atoms with Crippen molar-refractivity contribution >= 4 is 5.91 Å². The summed E-state index contributed by atoms with van der Waals surface area (Å²) < 4.78 is 20.2. The summed E-state index contributed by atoms with van der Waals surface area (Å²) in [4.78, 5) is 24.9. The van der Waals surface area contributed by atoms with E-state index in [2.05, 4.69) is 32.1 Å². The Balaban J connectivity index is 1.26. The van der Waals surface area contributed by atoms with Crippen LogP contribution in [0.2, 0.25) is 0 Å². The highest BCUT2D eigenvalue weighted by Crippen LogP contribution is 2.23. The lowest BCUT2D eigenvalue weighted by Gasteiger charge is -2.31. The minimum atomic E-state index is -0.627. The van der Waals surface area contributed by atoms with Crippen LogP contribution in [-0.2, 0) is 17.8 Å². The first kappa shape index (κ1) is 23.8. The van der Waals surface area contributed by atoms with E-state index in [1.807, 2.05) is 42.5 Å². The first-order valence-corrected chi connectivity index (χ1v) is 11.5. The van der Waals surface area contributed by atoms with Gasteiger partial charge in [-0.25, -0.2) is 4.98 Å². The van der Waals surface area contributed by atoms with Crippen molar-refractivity contribution in [1.82, 2.24) is 25.1 Å². The van der Waals surface area contributed by atoms with Crippen molar-refractivity contribution in [3.8, 4) is 17.1 Å². The van der Waals surface area contributed by atoms with Crippen LogP contribution < -0.4 is 10.1 Å². The third-order valence-electron chi connectivity index (χ3n) is 5.92. The molecule has 4 rings (SSSR count). The van der Waals surface area contributed by atoms with E-state index < -0.39 is 5.95 Å². The summed E-state index contributed by atoms with van der Waals surface area (Å²) in [5, 5.41) is 2.91. The van der Waals surface area contributed by atoms with Gasteiger partial charge in [-0.1, -0.05) is 54.6 Å². The molecule has 0 saturated carbocycles. The van der Waals surface area contributed by atoms with Gasteiger partial charge in [0.15, 0.2) is 0 Å². The van der Waals surface area contributed by atoms with Crippen LogP contribution in [0.5, 0.6) is 6.01 Å². The number of hydrogen-bond donors (Lipinski definition) is 1. The predicted molar refractivity (Wildman–Crippen MR) is 129 cm³/mol. The van der Waals surface area contributed by atoms with E-state index in [0.29, 0.717) is 24.3 Å². The number of piperazine rings is 1. The smallest absolute Gasteiger partial charge is 0.319 e. The van der Waals surface area contributed by atoms with E-state index in [-0.39, 0.29) is 18.3 Å². The minimum absolute atomic E-state index is 0.0436. The highest BCUT2D eigenvalue weighted by atomic mass is 19.1. The summed E-state index contributed by atoms with van der Waals surface area (Å²) in [5.41, 5.74) is 2.84. The maximum atomic E-state index is 14.6. The van der Waals surface area contributed by atoms with E-state index in [0.717, 1.165) is 43.9 Å². The Morgan fingerprint density at radius 2 is 1.76 bits per heavy atom. The van der Waals surface area contributed by atoms with Crippen molar-refractivity contribution < 1.29 is 13.9 Å². The fourth-order valence-corrected chi connectivity index (χ4v) is 3.79. The predicted octanol–water partition coefficient (Wildman–Crippen LogP) is 2.77. The molecule has 3 aromatic rings. The second-order valence-corrected chi connectivity index (χ2v) is 8.49. The van der Waals surface area contributed by atoms with Crippen LogP contribution in [-0.4, -0.2) is 72.1 Å². The van der Waals surface area contributed by atoms with Gasteiger partial charge in [0.1, 0.15) is 6.61 Å². The molecule has 0 unspecified atom stereocenters. The number of halogens is 1. The standard InChI is InChI=1S/C26H30FN5O2/c1-31-11-13-32(14-12-31)15-16-34-26-29-19-23(25(27)30-26)22-9-7-20(8-10-22)17-24(33)28-18-21-5-3-2-4-6-21/h2-10,19H,11-18H2,1H3,(H,28,33). The number of nitrogens with one attached hydrogen (secondary N) is 1. The van der Waals surface area contributed by atoms with Crippen molar-refractivity contribution in [1.29, 1.82) is 0 Å². The summed E-state index contributed by atoms with van der Waals surface area (Å²) in [6, 6.07) is 17.0. The van der Waals surface area contributed by atoms with Crippen LogP contribution in [0.15, 0.2) is 60.8 Å². The number of hydrogen-bond acceptors (Lipinski definition) is 6. The van der Waals surface area contributed by atoms with Gasteiger partial charge in [-0.05, 0) is 23.7 Å². The number of carbonyl (C=O) groups excluding carboxylic acids is 1. The number of carbonyl (C=O) groups is 1. The molecule has 1 aromatic heterocycles. The van der Waals surface area contributed by atoms with Crippen molar-refractivity contribution in [3.63, 3.8) is 0 Å². The van der Waals surface area contributed by atoms with Crippen molar-refractivity contribution in [2.24, 2.45) is 0 Å². The van der Waals surface area contributed by atoms with Crippen LogP contribution in [0, 0.1) is 5.95 Å². The Hall–Kier alpha value is -3.36. The average molecular weight is 464 g/mol. The van der Waals surface area contributed by atoms with Crippen LogP contribution in [0.3, 0.4) is 0 Å². The molecule has 1 amide bonds. The van der Waals surface area contributed by atoms with Crippen LogP contribution >= 0.6 is 0 Å². The fourth-order valence-electron chi connectivity index (χ4n) is 3.79. The van der Waals surface area contributed by atoms with Gasteiger partial charge in [0, 0.05) is 45.5 Å². The van der Waals surface area contributed by atoms with Gasteiger partial charge in [-0.3, -0.25) is 9.69 Å². The van der Waals surface area contributed by atoms with Crippen LogP contribution in [0.4, 0.5) is 4.39 Å². The zero-order valence-electron chi connectivity index (χ0n) is 19.4. The second-order valence-electron chi connectivity index (χ2n) is 8.49. The quantitative estimate of drug-likeness (QED) is 0.492. The molecule has 1 N–H and O–H groups in total. The van der Waals surface area contributed by atoms with Crippen LogP contribution in [0.25, 0.3) is 11.1 Å². The molecule has 1 aliphatic rings. The number of benzene rings is 2. The molecule has 178 valence electrons. The van der Waals surface area contributed by atoms with Gasteiger partial charge in [-0.15, -0.1) is 0 Å². The van der Waals surface area contributed by atoms with Crippen LogP contribution in [0.1, 0.15) is 11.1 Å². The molecule has 1 fully saturated rings. The maximum Gasteiger partial charge on any atom is 0.319 e. The number of amides is 1. The molecule has 0 atom stereocenters. The topological polar surface area (TPSA) is 70.6 Å². The highest BCUT2D eigenvalue weighted by molar-refractivity contribution is 5.78. The van der Waals surface area contributed by atoms with E-state index in [9.17, 15) is 9.18 Å². The SMILES string of the molecule is CN1CCN(CCOc2ncc(-c3ccc(CC(=O)NCc4ccccc4)cc3)c(F)n2)CC1. The Morgan fingerprint density at radius 1 is 1.03 bits per heavy atom. The molecule has 0 radical (unpaired) electrons. The summed E-state index contributed by atoms with van der Waals surface area (Å²) in [6.45, 7) is 5.75. The molecule has 2 heterocycles. The Kier molecular flexibility index (Phi) is 8.17. The van der Waals surface area contributed by atoms with Gasteiger partial charge < -0.3 is 15.0 Å². The number of nitrogens with zero attached hydrogens (tertiary/aromatic N) is 4. The number of rotatable bonds is 9. The lowest BCUT2D eigenvalue weighted by atomic mass is 10.0. The zero-order valence-corrected chi connectivity index (χ0v) is 19.4. The Bertz CT molecular complexity index is 1070. The average Bonchev–Trinajstić information content (AvgIpc) is 2.85. The second kappa shape index (κ2) is 11.7. The molecule has 7 nitrogen and oxygen atoms in total. The lowest BCUT2D eigenvalue weighted by molar-refractivity contribution is -0.120. The number of likely N-dealkylation sites (N-methyl/N-ethyl adjacent to an activating group) is 1. The summed E-state index contributed by atoms with van der Waals surface area (Å²) in [6.07, 6.45) is 1.70. The normalized spacial score (nSPS) is 14.6. The number of aromatic nitrogens is 2. The zero-order chi connectivity index (χ0) is 23.8. The van der Waals surface area contributed by atoms with E-state index in [4.69, 9.17) is 4.74 Å². The van der Waals surface area contributed by atoms with E-state index in [1.54, 1.807) is 12.1 Å². The molecule has 0 spiro atoms. The molecule has 8 heteroatoms. The molecule has 34 heavy (non-hydrogen) atoms. The minimum Gasteiger partial charge on any atom is -0.462 e. The van der Waals surface area contributed by atoms with Gasteiger partial charge in [0.2, 0.25) is 11.9 Å². The van der Waals surface area contributed by atoms with Crippen molar-refractivity contribution in [3.05, 3.63) is 77.9 Å². The summed E-state index contributed by atoms with van der Waals surface area (Å²) in [5.74, 6) is -0.692. The molecule has 1 saturated heterocycles. The largest absolute Gasteiger partial charge is 0.462 e. The van der Waals surface area contributed by atoms with Gasteiger partial charge in [-0.2, -0.15) is 9.37 Å². The first-order chi connectivity index (χ1) is 16.6. The Labute approximate surface area is 199 Å². The van der Waals surface area contributed by atoms with E-state index >= 15 is 0 Å². The molecule has 0 bridgehead atoms. The molecule has 1 aliphatic heterocycles. The van der Waals surface area contributed by atoms with Gasteiger partial charge in [0.05, 0.1) is 12.0 Å². The third kappa shape index (κ3) is 6.82.